The normalized spacial score (nSPS) is 10.3. The van der Waals surface area contributed by atoms with Crippen molar-refractivity contribution in [3.8, 4) is 0 Å². The number of amides is 2. The lowest BCUT2D eigenvalue weighted by Gasteiger charge is -2.05. The Morgan fingerprint density at radius 2 is 1.86 bits per heavy atom. The van der Waals surface area contributed by atoms with E-state index >= 15 is 0 Å². The van der Waals surface area contributed by atoms with Crippen LogP contribution in [0.4, 0.5) is 4.39 Å². The molecule has 2 aromatic rings. The van der Waals surface area contributed by atoms with Crippen molar-refractivity contribution in [2.24, 2.45) is 5.73 Å². The van der Waals surface area contributed by atoms with Gasteiger partial charge in [-0.05, 0) is 23.8 Å². The second kappa shape index (κ2) is 6.69. The largest absolute Gasteiger partial charge is 0.469 e. The summed E-state index contributed by atoms with van der Waals surface area (Å²) in [4.78, 5) is 22.7. The molecule has 1 aromatic heterocycles. The minimum Gasteiger partial charge on any atom is -0.469 e. The van der Waals surface area contributed by atoms with Crippen molar-refractivity contribution in [3.63, 3.8) is 0 Å². The molecule has 0 aliphatic carbocycles. The third-order valence-electron chi connectivity index (χ3n) is 2.93. The smallest absolute Gasteiger partial charge is 0.225 e. The minimum atomic E-state index is -0.516. The zero-order valence-corrected chi connectivity index (χ0v) is 11.3. The maximum Gasteiger partial charge on any atom is 0.225 e. The van der Waals surface area contributed by atoms with Crippen molar-refractivity contribution in [3.05, 3.63) is 59.3 Å². The van der Waals surface area contributed by atoms with Gasteiger partial charge in [0.15, 0.2) is 0 Å². The Morgan fingerprint density at radius 1 is 1.14 bits per heavy atom. The van der Waals surface area contributed by atoms with Gasteiger partial charge in [0.05, 0.1) is 19.1 Å². The average molecular weight is 290 g/mol. The minimum absolute atomic E-state index is 0.0342. The molecule has 2 rings (SSSR count). The Kier molecular flexibility index (Phi) is 4.71. The summed E-state index contributed by atoms with van der Waals surface area (Å²) in [7, 11) is 0. The van der Waals surface area contributed by atoms with Gasteiger partial charge in [-0.15, -0.1) is 0 Å². The van der Waals surface area contributed by atoms with E-state index in [9.17, 15) is 14.0 Å². The van der Waals surface area contributed by atoms with Crippen LogP contribution in [0.5, 0.6) is 0 Å². The van der Waals surface area contributed by atoms with E-state index in [1.165, 1.54) is 18.4 Å². The van der Waals surface area contributed by atoms with Gasteiger partial charge in [0.1, 0.15) is 11.6 Å². The van der Waals surface area contributed by atoms with Crippen LogP contribution in [0.25, 0.3) is 0 Å². The van der Waals surface area contributed by atoms with Gasteiger partial charge < -0.3 is 15.5 Å². The zero-order valence-electron chi connectivity index (χ0n) is 11.3. The van der Waals surface area contributed by atoms with Crippen molar-refractivity contribution in [1.82, 2.24) is 5.32 Å². The molecule has 0 saturated carbocycles. The summed E-state index contributed by atoms with van der Waals surface area (Å²) in [6.45, 7) is 0.308. The highest BCUT2D eigenvalue weighted by Gasteiger charge is 2.12. The number of furan rings is 1. The number of nitrogens with two attached hydrogens (primary N) is 1. The molecule has 0 aliphatic heterocycles. The fraction of sp³-hybridized carbons (Fsp3) is 0.200. The number of hydrogen-bond acceptors (Lipinski definition) is 3. The lowest BCUT2D eigenvalue weighted by Crippen LogP contribution is -2.25. The third-order valence-corrected chi connectivity index (χ3v) is 2.93. The highest BCUT2D eigenvalue weighted by Crippen LogP contribution is 2.12. The highest BCUT2D eigenvalue weighted by atomic mass is 19.1. The summed E-state index contributed by atoms with van der Waals surface area (Å²) in [6.07, 6.45) is 1.48. The number of primary amides is 1. The summed E-state index contributed by atoms with van der Waals surface area (Å²) >= 11 is 0. The first-order valence-electron chi connectivity index (χ1n) is 6.39. The van der Waals surface area contributed by atoms with Crippen LogP contribution in [-0.4, -0.2) is 11.8 Å². The van der Waals surface area contributed by atoms with Crippen LogP contribution in [0.3, 0.4) is 0 Å². The number of carbonyl (C=O) groups excluding carboxylic acids is 2. The Bertz CT molecular complexity index is 635. The van der Waals surface area contributed by atoms with Crippen LogP contribution < -0.4 is 11.1 Å². The Labute approximate surface area is 120 Å². The number of hydrogen-bond donors (Lipinski definition) is 2. The highest BCUT2D eigenvalue weighted by molar-refractivity contribution is 5.80. The van der Waals surface area contributed by atoms with Crippen molar-refractivity contribution in [2.45, 2.75) is 19.4 Å². The first kappa shape index (κ1) is 14.8. The molecule has 1 heterocycles. The molecule has 2 amide bonds. The topological polar surface area (TPSA) is 85.3 Å². The average Bonchev–Trinajstić information content (AvgIpc) is 2.84. The first-order valence-corrected chi connectivity index (χ1v) is 6.39. The molecular weight excluding hydrogens is 275 g/mol. The van der Waals surface area contributed by atoms with E-state index in [1.807, 2.05) is 0 Å². The van der Waals surface area contributed by atoms with Gasteiger partial charge in [-0.1, -0.05) is 12.1 Å². The molecule has 0 aliphatic rings. The molecule has 6 heteroatoms. The van der Waals surface area contributed by atoms with E-state index in [-0.39, 0.29) is 24.6 Å². The molecule has 0 unspecified atom stereocenters. The Morgan fingerprint density at radius 3 is 2.52 bits per heavy atom. The number of halogens is 1. The monoisotopic (exact) mass is 290 g/mol. The molecule has 0 saturated heterocycles. The van der Waals surface area contributed by atoms with E-state index in [4.69, 9.17) is 10.2 Å². The quantitative estimate of drug-likeness (QED) is 0.841. The zero-order chi connectivity index (χ0) is 15.2. The van der Waals surface area contributed by atoms with E-state index in [0.717, 1.165) is 5.56 Å². The van der Waals surface area contributed by atoms with Gasteiger partial charge in [0, 0.05) is 12.1 Å². The number of rotatable bonds is 6. The van der Waals surface area contributed by atoms with Crippen LogP contribution in [0, 0.1) is 5.82 Å². The molecule has 21 heavy (non-hydrogen) atoms. The van der Waals surface area contributed by atoms with Crippen LogP contribution >= 0.6 is 0 Å². The van der Waals surface area contributed by atoms with Crippen molar-refractivity contribution < 1.29 is 18.4 Å². The molecule has 3 N–H and O–H groups in total. The molecule has 0 radical (unpaired) electrons. The number of benzene rings is 1. The second-order valence-corrected chi connectivity index (χ2v) is 4.59. The molecule has 0 spiro atoms. The van der Waals surface area contributed by atoms with Gasteiger partial charge >= 0.3 is 0 Å². The molecule has 0 atom stereocenters. The predicted molar refractivity (Wildman–Crippen MR) is 73.6 cm³/mol. The standard InChI is InChI=1S/C15H15FN2O3/c16-12-3-1-10(2-4-12)9-18-15(20)7-11-5-6-21-13(11)8-14(17)19/h1-6H,7-9H2,(H2,17,19)(H,18,20). The van der Waals surface area contributed by atoms with Crippen molar-refractivity contribution >= 4 is 11.8 Å². The van der Waals surface area contributed by atoms with Crippen molar-refractivity contribution in [2.75, 3.05) is 0 Å². The molecule has 110 valence electrons. The summed E-state index contributed by atoms with van der Waals surface area (Å²) in [6, 6.07) is 7.51. The molecular formula is C15H15FN2O3. The number of carbonyl (C=O) groups is 2. The lowest BCUT2D eigenvalue weighted by atomic mass is 10.1. The molecule has 5 nitrogen and oxygen atoms in total. The molecule has 0 bridgehead atoms. The summed E-state index contributed by atoms with van der Waals surface area (Å²) in [5.74, 6) is -0.650. The van der Waals surface area contributed by atoms with E-state index in [2.05, 4.69) is 5.32 Å². The third kappa shape index (κ3) is 4.45. The maximum atomic E-state index is 12.8. The van der Waals surface area contributed by atoms with Crippen LogP contribution in [0.1, 0.15) is 16.9 Å². The van der Waals surface area contributed by atoms with Gasteiger partial charge in [-0.25, -0.2) is 4.39 Å². The molecule has 1 aromatic carbocycles. The van der Waals surface area contributed by atoms with Crippen LogP contribution in [0.2, 0.25) is 0 Å². The predicted octanol–water partition coefficient (Wildman–Crippen LogP) is 1.31. The van der Waals surface area contributed by atoms with Gasteiger partial charge in [0.2, 0.25) is 11.8 Å². The number of nitrogens with one attached hydrogen (secondary N) is 1. The lowest BCUT2D eigenvalue weighted by molar-refractivity contribution is -0.121. The second-order valence-electron chi connectivity index (χ2n) is 4.59. The van der Waals surface area contributed by atoms with Gasteiger partial charge in [-0.2, -0.15) is 0 Å². The Balaban J connectivity index is 1.88. The summed E-state index contributed by atoms with van der Waals surface area (Å²) in [5.41, 5.74) is 6.53. The maximum absolute atomic E-state index is 12.8. The first-order chi connectivity index (χ1) is 10.0. The van der Waals surface area contributed by atoms with Gasteiger partial charge in [-0.3, -0.25) is 9.59 Å². The van der Waals surface area contributed by atoms with Crippen LogP contribution in [-0.2, 0) is 29.0 Å². The van der Waals surface area contributed by atoms with E-state index < -0.39 is 5.91 Å². The van der Waals surface area contributed by atoms with Gasteiger partial charge in [0.25, 0.3) is 0 Å². The molecule has 0 fully saturated rings. The summed E-state index contributed by atoms with van der Waals surface area (Å²) < 4.78 is 17.9. The van der Waals surface area contributed by atoms with Crippen molar-refractivity contribution in [1.29, 1.82) is 0 Å². The Hall–Kier alpha value is -2.63. The summed E-state index contributed by atoms with van der Waals surface area (Å²) in [5, 5.41) is 2.72. The SMILES string of the molecule is NC(=O)Cc1occc1CC(=O)NCc1ccc(F)cc1. The van der Waals surface area contributed by atoms with E-state index in [1.54, 1.807) is 18.2 Å². The fourth-order valence-corrected chi connectivity index (χ4v) is 1.88. The van der Waals surface area contributed by atoms with Crippen LogP contribution in [0.15, 0.2) is 41.0 Å². The van der Waals surface area contributed by atoms with E-state index in [0.29, 0.717) is 17.9 Å². The fourth-order valence-electron chi connectivity index (χ4n) is 1.88.